The maximum atomic E-state index is 11.7. The number of amides is 1. The predicted octanol–water partition coefficient (Wildman–Crippen LogP) is 1.89. The zero-order chi connectivity index (χ0) is 11.4. The molecule has 1 fully saturated rings. The zero-order valence-electron chi connectivity index (χ0n) is 9.41. The highest BCUT2D eigenvalue weighted by Gasteiger charge is 2.16. The Labute approximate surface area is 116 Å². The highest BCUT2D eigenvalue weighted by Crippen LogP contribution is 2.12. The number of hydrogen-bond donors (Lipinski definition) is 2. The first-order valence-corrected chi connectivity index (χ1v) is 6.28. The summed E-state index contributed by atoms with van der Waals surface area (Å²) in [5.74, 6) is 0.104. The zero-order valence-corrected chi connectivity index (χ0v) is 11.8. The van der Waals surface area contributed by atoms with Gasteiger partial charge in [-0.25, -0.2) is 0 Å². The van der Waals surface area contributed by atoms with Crippen molar-refractivity contribution in [3.05, 3.63) is 34.3 Å². The first kappa shape index (κ1) is 14.5. The lowest BCUT2D eigenvalue weighted by Gasteiger charge is -2.11. The number of halogens is 2. The van der Waals surface area contributed by atoms with Gasteiger partial charge in [-0.15, -0.1) is 12.4 Å². The molecule has 1 unspecified atom stereocenters. The third-order valence-electron chi connectivity index (χ3n) is 2.68. The smallest absolute Gasteiger partial charge is 0.224 e. The Morgan fingerprint density at radius 3 is 3.00 bits per heavy atom. The second-order valence-corrected chi connectivity index (χ2v) is 4.98. The molecular weight excluding hydrogens is 304 g/mol. The van der Waals surface area contributed by atoms with Crippen LogP contribution in [0.25, 0.3) is 0 Å². The van der Waals surface area contributed by atoms with E-state index in [1.165, 1.54) is 0 Å². The highest BCUT2D eigenvalue weighted by atomic mass is 79.9. The Morgan fingerprint density at radius 2 is 2.35 bits per heavy atom. The van der Waals surface area contributed by atoms with Gasteiger partial charge in [-0.3, -0.25) is 4.79 Å². The number of benzene rings is 1. The van der Waals surface area contributed by atoms with Crippen molar-refractivity contribution >= 4 is 34.2 Å². The molecule has 94 valence electrons. The Kier molecular flexibility index (Phi) is 5.95. The predicted molar refractivity (Wildman–Crippen MR) is 74.5 cm³/mol. The Morgan fingerprint density at radius 1 is 1.53 bits per heavy atom. The Hall–Kier alpha value is -0.580. The van der Waals surface area contributed by atoms with E-state index >= 15 is 0 Å². The van der Waals surface area contributed by atoms with Gasteiger partial charge in [0.2, 0.25) is 5.91 Å². The van der Waals surface area contributed by atoms with Crippen LogP contribution in [-0.2, 0) is 11.2 Å². The summed E-state index contributed by atoms with van der Waals surface area (Å²) < 4.78 is 1.01. The van der Waals surface area contributed by atoms with Crippen LogP contribution in [0.2, 0.25) is 0 Å². The minimum absolute atomic E-state index is 0. The van der Waals surface area contributed by atoms with Crippen LogP contribution in [0.3, 0.4) is 0 Å². The quantitative estimate of drug-likeness (QED) is 0.893. The van der Waals surface area contributed by atoms with Crippen LogP contribution < -0.4 is 10.6 Å². The summed E-state index contributed by atoms with van der Waals surface area (Å²) in [7, 11) is 0. The second kappa shape index (κ2) is 6.99. The maximum absolute atomic E-state index is 11.7. The van der Waals surface area contributed by atoms with E-state index in [-0.39, 0.29) is 18.3 Å². The summed E-state index contributed by atoms with van der Waals surface area (Å²) in [5.41, 5.74) is 1.04. The van der Waals surface area contributed by atoms with E-state index in [1.54, 1.807) is 0 Å². The van der Waals surface area contributed by atoms with Crippen molar-refractivity contribution < 1.29 is 4.79 Å². The minimum Gasteiger partial charge on any atom is -0.352 e. The summed E-state index contributed by atoms with van der Waals surface area (Å²) in [6.07, 6.45) is 1.49. The van der Waals surface area contributed by atoms with Gasteiger partial charge in [-0.1, -0.05) is 28.1 Å². The molecular formula is C12H16BrClN2O. The van der Waals surface area contributed by atoms with E-state index in [4.69, 9.17) is 0 Å². The average Bonchev–Trinajstić information content (AvgIpc) is 2.70. The molecule has 0 saturated carbocycles. The highest BCUT2D eigenvalue weighted by molar-refractivity contribution is 9.10. The molecule has 1 aliphatic rings. The third-order valence-corrected chi connectivity index (χ3v) is 3.17. The van der Waals surface area contributed by atoms with Gasteiger partial charge in [0.15, 0.2) is 0 Å². The number of carbonyl (C=O) groups is 1. The molecule has 2 rings (SSSR count). The normalized spacial score (nSPS) is 18.5. The number of carbonyl (C=O) groups excluding carboxylic acids is 1. The molecule has 0 aromatic heterocycles. The lowest BCUT2D eigenvalue weighted by Crippen LogP contribution is -2.37. The van der Waals surface area contributed by atoms with Crippen molar-refractivity contribution in [3.8, 4) is 0 Å². The summed E-state index contributed by atoms with van der Waals surface area (Å²) in [6.45, 7) is 1.89. The molecule has 1 saturated heterocycles. The average molecular weight is 320 g/mol. The monoisotopic (exact) mass is 318 g/mol. The Balaban J connectivity index is 0.00000144. The van der Waals surface area contributed by atoms with Crippen LogP contribution in [-0.4, -0.2) is 25.0 Å². The van der Waals surface area contributed by atoms with Gasteiger partial charge in [0, 0.05) is 17.1 Å². The maximum Gasteiger partial charge on any atom is 0.224 e. The van der Waals surface area contributed by atoms with Crippen LogP contribution in [0.15, 0.2) is 28.7 Å². The van der Waals surface area contributed by atoms with E-state index in [2.05, 4.69) is 26.6 Å². The Bertz CT molecular complexity index is 381. The third kappa shape index (κ3) is 4.66. The number of hydrogen-bond acceptors (Lipinski definition) is 2. The molecule has 3 nitrogen and oxygen atoms in total. The lowest BCUT2D eigenvalue weighted by molar-refractivity contribution is -0.121. The molecule has 0 radical (unpaired) electrons. The van der Waals surface area contributed by atoms with Crippen LogP contribution in [0.1, 0.15) is 12.0 Å². The number of nitrogens with one attached hydrogen (secondary N) is 2. The topological polar surface area (TPSA) is 41.1 Å². The first-order valence-electron chi connectivity index (χ1n) is 5.48. The molecule has 2 N–H and O–H groups in total. The molecule has 5 heteroatoms. The van der Waals surface area contributed by atoms with Crippen LogP contribution >= 0.6 is 28.3 Å². The number of rotatable bonds is 3. The molecule has 1 atom stereocenters. The van der Waals surface area contributed by atoms with Gasteiger partial charge in [0.25, 0.3) is 0 Å². The summed E-state index contributed by atoms with van der Waals surface area (Å²) in [5, 5.41) is 6.26. The molecule has 0 aliphatic carbocycles. The molecule has 1 aromatic rings. The fourth-order valence-electron chi connectivity index (χ4n) is 1.89. The van der Waals surface area contributed by atoms with Crippen LogP contribution in [0.4, 0.5) is 0 Å². The summed E-state index contributed by atoms with van der Waals surface area (Å²) in [4.78, 5) is 11.7. The van der Waals surface area contributed by atoms with Gasteiger partial charge in [0.05, 0.1) is 6.42 Å². The molecule has 1 heterocycles. The SMILES string of the molecule is Cl.O=C(Cc1cccc(Br)c1)NC1CCNC1. The largest absolute Gasteiger partial charge is 0.352 e. The van der Waals surface area contributed by atoms with E-state index in [1.807, 2.05) is 24.3 Å². The van der Waals surface area contributed by atoms with Crippen molar-refractivity contribution in [1.82, 2.24) is 10.6 Å². The minimum atomic E-state index is 0. The first-order chi connectivity index (χ1) is 7.74. The van der Waals surface area contributed by atoms with Gasteiger partial charge in [-0.05, 0) is 30.7 Å². The van der Waals surface area contributed by atoms with E-state index < -0.39 is 0 Å². The van der Waals surface area contributed by atoms with Crippen molar-refractivity contribution in [2.24, 2.45) is 0 Å². The van der Waals surface area contributed by atoms with E-state index in [0.717, 1.165) is 29.5 Å². The molecule has 1 aromatic carbocycles. The van der Waals surface area contributed by atoms with Gasteiger partial charge >= 0.3 is 0 Å². The molecule has 1 amide bonds. The summed E-state index contributed by atoms with van der Waals surface area (Å²) >= 11 is 3.40. The fourth-order valence-corrected chi connectivity index (χ4v) is 2.34. The van der Waals surface area contributed by atoms with Crippen molar-refractivity contribution in [2.75, 3.05) is 13.1 Å². The van der Waals surface area contributed by atoms with Crippen molar-refractivity contribution in [2.45, 2.75) is 18.9 Å². The lowest BCUT2D eigenvalue weighted by atomic mass is 10.1. The van der Waals surface area contributed by atoms with Gasteiger partial charge in [0.1, 0.15) is 0 Å². The van der Waals surface area contributed by atoms with Gasteiger partial charge < -0.3 is 10.6 Å². The molecule has 17 heavy (non-hydrogen) atoms. The van der Waals surface area contributed by atoms with Crippen molar-refractivity contribution in [3.63, 3.8) is 0 Å². The molecule has 0 bridgehead atoms. The fraction of sp³-hybridized carbons (Fsp3) is 0.417. The summed E-state index contributed by atoms with van der Waals surface area (Å²) in [6, 6.07) is 8.16. The second-order valence-electron chi connectivity index (χ2n) is 4.06. The van der Waals surface area contributed by atoms with E-state index in [9.17, 15) is 4.79 Å². The molecule has 1 aliphatic heterocycles. The van der Waals surface area contributed by atoms with E-state index in [0.29, 0.717) is 12.5 Å². The van der Waals surface area contributed by atoms with Crippen molar-refractivity contribution in [1.29, 1.82) is 0 Å². The molecule has 0 spiro atoms. The standard InChI is InChI=1S/C12H15BrN2O.ClH/c13-10-3-1-2-9(6-10)7-12(16)15-11-4-5-14-8-11;/h1-3,6,11,14H,4-5,7-8H2,(H,15,16);1H. The van der Waals surface area contributed by atoms with Gasteiger partial charge in [-0.2, -0.15) is 0 Å². The van der Waals surface area contributed by atoms with Crippen LogP contribution in [0, 0.1) is 0 Å². The van der Waals surface area contributed by atoms with Crippen LogP contribution in [0.5, 0.6) is 0 Å².